The summed E-state index contributed by atoms with van der Waals surface area (Å²) in [5.74, 6) is -1.59. The second-order valence-electron chi connectivity index (χ2n) is 3.53. The van der Waals surface area contributed by atoms with E-state index in [1.807, 2.05) is 0 Å². The third-order valence-electron chi connectivity index (χ3n) is 2.35. The molecule has 19 heavy (non-hydrogen) atoms. The molecule has 1 aromatic heterocycles. The summed E-state index contributed by atoms with van der Waals surface area (Å²) in [5.41, 5.74) is 0.488. The van der Waals surface area contributed by atoms with Crippen LogP contribution in [0.15, 0.2) is 44.1 Å². The highest BCUT2D eigenvalue weighted by molar-refractivity contribution is 9.10. The largest absolute Gasteiger partial charge is 0.478 e. The number of benzene rings is 1. The average molecular weight is 389 g/mol. The van der Waals surface area contributed by atoms with Crippen LogP contribution in [0.25, 0.3) is 0 Å². The standard InChI is InChI=1S/C12H7Br2NO4/c13-8-3-1-2-6(12(17)18)9(8)15-11(16)7-4-5-19-10(7)14/h1-5H,(H,15,16)(H,17,18). The van der Waals surface area contributed by atoms with Crippen LogP contribution in [-0.2, 0) is 0 Å². The molecule has 0 radical (unpaired) electrons. The molecule has 0 bridgehead atoms. The van der Waals surface area contributed by atoms with Gasteiger partial charge in [-0.25, -0.2) is 4.79 Å². The summed E-state index contributed by atoms with van der Waals surface area (Å²) in [6, 6.07) is 6.12. The van der Waals surface area contributed by atoms with Gasteiger partial charge in [-0.1, -0.05) is 6.07 Å². The molecular weight excluding hydrogens is 382 g/mol. The Morgan fingerprint density at radius 2 is 1.89 bits per heavy atom. The third kappa shape index (κ3) is 2.87. The number of rotatable bonds is 3. The summed E-state index contributed by atoms with van der Waals surface area (Å²) in [5, 5.41) is 11.6. The van der Waals surface area contributed by atoms with E-state index in [0.29, 0.717) is 4.47 Å². The van der Waals surface area contributed by atoms with Gasteiger partial charge >= 0.3 is 5.97 Å². The molecule has 0 saturated carbocycles. The first-order valence-corrected chi connectivity index (χ1v) is 6.65. The number of carbonyl (C=O) groups excluding carboxylic acids is 1. The van der Waals surface area contributed by atoms with Gasteiger partial charge in [0.25, 0.3) is 5.91 Å². The second-order valence-corrected chi connectivity index (χ2v) is 5.10. The molecule has 0 spiro atoms. The highest BCUT2D eigenvalue weighted by Gasteiger charge is 2.18. The SMILES string of the molecule is O=C(Nc1c(Br)cccc1C(=O)O)c1ccoc1Br. The van der Waals surface area contributed by atoms with E-state index in [9.17, 15) is 9.59 Å². The van der Waals surface area contributed by atoms with Crippen molar-refractivity contribution in [3.8, 4) is 0 Å². The molecule has 2 aromatic rings. The molecular formula is C12H7Br2NO4. The van der Waals surface area contributed by atoms with Crippen molar-refractivity contribution in [1.29, 1.82) is 0 Å². The van der Waals surface area contributed by atoms with Crippen molar-refractivity contribution < 1.29 is 19.1 Å². The first-order valence-electron chi connectivity index (χ1n) is 5.07. The molecule has 2 rings (SSSR count). The van der Waals surface area contributed by atoms with E-state index >= 15 is 0 Å². The molecule has 0 saturated heterocycles. The van der Waals surface area contributed by atoms with Crippen LogP contribution >= 0.6 is 31.9 Å². The highest BCUT2D eigenvalue weighted by Crippen LogP contribution is 2.28. The quantitative estimate of drug-likeness (QED) is 0.838. The Bertz CT molecular complexity index is 651. The summed E-state index contributed by atoms with van der Waals surface area (Å²) in [6.45, 7) is 0. The summed E-state index contributed by atoms with van der Waals surface area (Å²) in [6.07, 6.45) is 1.36. The van der Waals surface area contributed by atoms with E-state index in [1.165, 1.54) is 18.4 Å². The average Bonchev–Trinajstić information content (AvgIpc) is 2.77. The lowest BCUT2D eigenvalue weighted by molar-refractivity contribution is 0.0698. The number of carbonyl (C=O) groups is 2. The lowest BCUT2D eigenvalue weighted by atomic mass is 10.1. The van der Waals surface area contributed by atoms with E-state index in [2.05, 4.69) is 37.2 Å². The molecule has 1 aromatic carbocycles. The number of carboxylic acid groups (broad SMARTS) is 1. The number of nitrogens with one attached hydrogen (secondary N) is 1. The fourth-order valence-electron chi connectivity index (χ4n) is 1.47. The van der Waals surface area contributed by atoms with Gasteiger partial charge < -0.3 is 14.8 Å². The van der Waals surface area contributed by atoms with Gasteiger partial charge in [0, 0.05) is 4.47 Å². The van der Waals surface area contributed by atoms with E-state index in [4.69, 9.17) is 9.52 Å². The van der Waals surface area contributed by atoms with Crippen molar-refractivity contribution in [2.45, 2.75) is 0 Å². The Kier molecular flexibility index (Phi) is 4.06. The molecule has 0 atom stereocenters. The number of para-hydroxylation sites is 1. The fraction of sp³-hybridized carbons (Fsp3) is 0. The van der Waals surface area contributed by atoms with Gasteiger partial charge in [0.2, 0.25) is 0 Å². The Morgan fingerprint density at radius 3 is 2.47 bits per heavy atom. The van der Waals surface area contributed by atoms with Crippen LogP contribution in [0.2, 0.25) is 0 Å². The van der Waals surface area contributed by atoms with Crippen LogP contribution in [0, 0.1) is 0 Å². The summed E-state index contributed by atoms with van der Waals surface area (Å²) >= 11 is 6.30. The zero-order chi connectivity index (χ0) is 14.0. The van der Waals surface area contributed by atoms with Gasteiger partial charge in [-0.3, -0.25) is 4.79 Å². The maximum atomic E-state index is 12.0. The van der Waals surface area contributed by atoms with Gasteiger partial charge in [-0.2, -0.15) is 0 Å². The van der Waals surface area contributed by atoms with Crippen molar-refractivity contribution in [3.63, 3.8) is 0 Å². The van der Waals surface area contributed by atoms with Crippen LogP contribution in [0.5, 0.6) is 0 Å². The number of hydrogen-bond acceptors (Lipinski definition) is 3. The molecule has 2 N–H and O–H groups in total. The summed E-state index contributed by atoms with van der Waals surface area (Å²) in [4.78, 5) is 23.1. The molecule has 98 valence electrons. The summed E-state index contributed by atoms with van der Waals surface area (Å²) in [7, 11) is 0. The minimum Gasteiger partial charge on any atom is -0.478 e. The Labute approximate surface area is 124 Å². The van der Waals surface area contributed by atoms with Crippen molar-refractivity contribution in [1.82, 2.24) is 0 Å². The maximum absolute atomic E-state index is 12.0. The Hall–Kier alpha value is -1.60. The first-order chi connectivity index (χ1) is 9.00. The number of aromatic carboxylic acids is 1. The smallest absolute Gasteiger partial charge is 0.337 e. The van der Waals surface area contributed by atoms with Crippen LogP contribution in [-0.4, -0.2) is 17.0 Å². The van der Waals surface area contributed by atoms with Gasteiger partial charge in [0.05, 0.1) is 23.1 Å². The van der Waals surface area contributed by atoms with Gasteiger partial charge in [0.15, 0.2) is 4.67 Å². The monoisotopic (exact) mass is 387 g/mol. The molecule has 1 amide bonds. The maximum Gasteiger partial charge on any atom is 0.337 e. The van der Waals surface area contributed by atoms with Crippen LogP contribution in [0.1, 0.15) is 20.7 Å². The Morgan fingerprint density at radius 1 is 1.16 bits per heavy atom. The topological polar surface area (TPSA) is 79.5 Å². The van der Waals surface area contributed by atoms with Crippen LogP contribution < -0.4 is 5.32 Å². The van der Waals surface area contributed by atoms with Crippen LogP contribution in [0.4, 0.5) is 5.69 Å². The number of hydrogen-bond donors (Lipinski definition) is 2. The lowest BCUT2D eigenvalue weighted by Gasteiger charge is -2.09. The first kappa shape index (κ1) is 13.8. The third-order valence-corrected chi connectivity index (χ3v) is 3.62. The molecule has 0 fully saturated rings. The predicted molar refractivity (Wildman–Crippen MR) is 75.5 cm³/mol. The van der Waals surface area contributed by atoms with Gasteiger partial charge in [-0.15, -0.1) is 0 Å². The molecule has 1 heterocycles. The Balaban J connectivity index is 2.36. The predicted octanol–water partition coefficient (Wildman–Crippen LogP) is 3.76. The minimum atomic E-state index is -1.12. The van der Waals surface area contributed by atoms with Crippen molar-refractivity contribution in [2.24, 2.45) is 0 Å². The highest BCUT2D eigenvalue weighted by atomic mass is 79.9. The summed E-state index contributed by atoms with van der Waals surface area (Å²) < 4.78 is 5.73. The van der Waals surface area contributed by atoms with E-state index < -0.39 is 11.9 Å². The zero-order valence-electron chi connectivity index (χ0n) is 9.31. The molecule has 0 unspecified atom stereocenters. The number of amides is 1. The number of carboxylic acids is 1. The second kappa shape index (κ2) is 5.58. The number of halogens is 2. The van der Waals surface area contributed by atoms with Crippen LogP contribution in [0.3, 0.4) is 0 Å². The van der Waals surface area contributed by atoms with Gasteiger partial charge in [0.1, 0.15) is 0 Å². The van der Waals surface area contributed by atoms with E-state index in [0.717, 1.165) is 0 Å². The molecule has 0 aliphatic rings. The molecule has 0 aliphatic heterocycles. The van der Waals surface area contributed by atoms with E-state index in [-0.39, 0.29) is 21.5 Å². The zero-order valence-corrected chi connectivity index (χ0v) is 12.5. The molecule has 5 nitrogen and oxygen atoms in total. The van der Waals surface area contributed by atoms with Gasteiger partial charge in [-0.05, 0) is 50.1 Å². The number of anilines is 1. The minimum absolute atomic E-state index is 0.00217. The lowest BCUT2D eigenvalue weighted by Crippen LogP contribution is -2.15. The van der Waals surface area contributed by atoms with E-state index in [1.54, 1.807) is 12.1 Å². The van der Waals surface area contributed by atoms with Crippen molar-refractivity contribution in [2.75, 3.05) is 5.32 Å². The normalized spacial score (nSPS) is 10.2. The fourth-order valence-corrected chi connectivity index (χ4v) is 2.35. The molecule has 0 aliphatic carbocycles. The number of furan rings is 1. The van der Waals surface area contributed by atoms with Crippen molar-refractivity contribution >= 4 is 49.4 Å². The molecule has 7 heteroatoms. The van der Waals surface area contributed by atoms with Crippen molar-refractivity contribution in [3.05, 3.63) is 50.8 Å².